The fourth-order valence-electron chi connectivity index (χ4n) is 2.58. The van der Waals surface area contributed by atoms with E-state index in [1.807, 2.05) is 13.2 Å². The van der Waals surface area contributed by atoms with Crippen LogP contribution in [0, 0.1) is 5.92 Å². The van der Waals surface area contributed by atoms with Gasteiger partial charge in [-0.2, -0.15) is 0 Å². The Balaban J connectivity index is 3.17. The van der Waals surface area contributed by atoms with Crippen LogP contribution in [0.25, 0.3) is 0 Å². The molecule has 1 aromatic rings. The van der Waals surface area contributed by atoms with Crippen molar-refractivity contribution in [1.82, 2.24) is 10.3 Å². The second-order valence-electron chi connectivity index (χ2n) is 5.68. The molecule has 0 atom stereocenters. The Labute approximate surface area is 132 Å². The van der Waals surface area contributed by atoms with E-state index in [4.69, 9.17) is 4.98 Å². The quantitative estimate of drug-likeness (QED) is 0.767. The van der Waals surface area contributed by atoms with E-state index in [1.165, 1.54) is 5.56 Å². The fraction of sp³-hybridized carbons (Fsp3) is 0.688. The van der Waals surface area contributed by atoms with Gasteiger partial charge in [-0.05, 0) is 47.8 Å². The number of aromatic nitrogens is 1. The van der Waals surface area contributed by atoms with Crippen LogP contribution in [0.1, 0.15) is 46.1 Å². The summed E-state index contributed by atoms with van der Waals surface area (Å²) in [5.41, 5.74) is 1.26. The van der Waals surface area contributed by atoms with Gasteiger partial charge in [0, 0.05) is 35.4 Å². The smallest absolute Gasteiger partial charge is 0.133 e. The lowest BCUT2D eigenvalue weighted by Gasteiger charge is -2.34. The van der Waals surface area contributed by atoms with Crippen molar-refractivity contribution < 1.29 is 0 Å². The van der Waals surface area contributed by atoms with Crippen molar-refractivity contribution in [3.63, 3.8) is 0 Å². The van der Waals surface area contributed by atoms with Gasteiger partial charge in [-0.25, -0.2) is 4.98 Å². The molecule has 0 aliphatic carbocycles. The van der Waals surface area contributed by atoms with Crippen molar-refractivity contribution in [3.8, 4) is 0 Å². The van der Waals surface area contributed by atoms with Gasteiger partial charge in [-0.1, -0.05) is 27.7 Å². The molecule has 1 heterocycles. The minimum Gasteiger partial charge on any atom is -0.353 e. The highest BCUT2D eigenvalue weighted by Crippen LogP contribution is 2.26. The average Bonchev–Trinajstić information content (AvgIpc) is 2.39. The summed E-state index contributed by atoms with van der Waals surface area (Å²) in [7, 11) is 1.98. The van der Waals surface area contributed by atoms with E-state index >= 15 is 0 Å². The molecule has 0 amide bonds. The van der Waals surface area contributed by atoms with Crippen molar-refractivity contribution in [3.05, 3.63) is 22.3 Å². The highest BCUT2D eigenvalue weighted by atomic mass is 79.9. The van der Waals surface area contributed by atoms with E-state index in [0.717, 1.165) is 36.2 Å². The molecule has 0 aromatic carbocycles. The lowest BCUT2D eigenvalue weighted by atomic mass is 10.1. The number of hydrogen-bond acceptors (Lipinski definition) is 3. The van der Waals surface area contributed by atoms with E-state index < -0.39 is 0 Å². The SMILES string of the molecule is CCC(CC)N(CC(C)C)c1ncc(Br)cc1CNC. The van der Waals surface area contributed by atoms with Gasteiger partial charge in [0.25, 0.3) is 0 Å². The molecule has 0 fully saturated rings. The molecule has 0 unspecified atom stereocenters. The third-order valence-corrected chi connectivity index (χ3v) is 3.93. The number of nitrogens with one attached hydrogen (secondary N) is 1. The highest BCUT2D eigenvalue weighted by Gasteiger charge is 2.20. The molecule has 4 heteroatoms. The van der Waals surface area contributed by atoms with E-state index in [0.29, 0.717) is 12.0 Å². The standard InChI is InChI=1S/C16H28BrN3/c1-6-15(7-2)20(11-12(3)4)16-13(9-18-5)8-14(17)10-19-16/h8,10,12,15,18H,6-7,9,11H2,1-5H3. The summed E-state index contributed by atoms with van der Waals surface area (Å²) in [6, 6.07) is 2.73. The van der Waals surface area contributed by atoms with Crippen LogP contribution in [-0.4, -0.2) is 24.6 Å². The number of nitrogens with zero attached hydrogens (tertiary/aromatic N) is 2. The minimum atomic E-state index is 0.557. The van der Waals surface area contributed by atoms with Crippen LogP contribution in [0.15, 0.2) is 16.7 Å². The van der Waals surface area contributed by atoms with Gasteiger partial charge >= 0.3 is 0 Å². The Morgan fingerprint density at radius 2 is 1.95 bits per heavy atom. The molecule has 0 spiro atoms. The minimum absolute atomic E-state index is 0.557. The summed E-state index contributed by atoms with van der Waals surface area (Å²) < 4.78 is 1.04. The molecule has 0 radical (unpaired) electrons. The molecule has 3 nitrogen and oxygen atoms in total. The summed E-state index contributed by atoms with van der Waals surface area (Å²) in [5.74, 6) is 1.76. The first-order chi connectivity index (χ1) is 9.53. The normalized spacial score (nSPS) is 11.4. The van der Waals surface area contributed by atoms with Gasteiger partial charge in [-0.3, -0.25) is 0 Å². The van der Waals surface area contributed by atoms with Crippen LogP contribution in [0.5, 0.6) is 0 Å². The second-order valence-corrected chi connectivity index (χ2v) is 6.60. The largest absolute Gasteiger partial charge is 0.353 e. The topological polar surface area (TPSA) is 28.2 Å². The number of anilines is 1. The zero-order valence-corrected chi connectivity index (χ0v) is 15.0. The fourth-order valence-corrected chi connectivity index (χ4v) is 2.96. The highest BCUT2D eigenvalue weighted by molar-refractivity contribution is 9.10. The maximum absolute atomic E-state index is 4.71. The van der Waals surface area contributed by atoms with Gasteiger partial charge in [0.1, 0.15) is 5.82 Å². The number of halogens is 1. The van der Waals surface area contributed by atoms with Crippen molar-refractivity contribution in [1.29, 1.82) is 0 Å². The summed E-state index contributed by atoms with van der Waals surface area (Å²) >= 11 is 3.53. The first-order valence-corrected chi connectivity index (χ1v) is 8.38. The van der Waals surface area contributed by atoms with Crippen molar-refractivity contribution >= 4 is 21.7 Å². The van der Waals surface area contributed by atoms with Gasteiger partial charge in [0.05, 0.1) is 0 Å². The molecule has 1 N–H and O–H groups in total. The molecular weight excluding hydrogens is 314 g/mol. The van der Waals surface area contributed by atoms with Crippen LogP contribution in [0.2, 0.25) is 0 Å². The lowest BCUT2D eigenvalue weighted by Crippen LogP contribution is -2.39. The summed E-state index contributed by atoms with van der Waals surface area (Å²) in [4.78, 5) is 7.20. The second kappa shape index (κ2) is 8.63. The molecule has 0 saturated carbocycles. The molecule has 114 valence electrons. The molecule has 1 aromatic heterocycles. The van der Waals surface area contributed by atoms with Gasteiger partial charge in [0.2, 0.25) is 0 Å². The van der Waals surface area contributed by atoms with Crippen molar-refractivity contribution in [2.45, 2.75) is 53.1 Å². The van der Waals surface area contributed by atoms with Gasteiger partial charge < -0.3 is 10.2 Å². The zero-order valence-electron chi connectivity index (χ0n) is 13.4. The molecule has 0 aliphatic rings. The van der Waals surface area contributed by atoms with Crippen LogP contribution in [0.3, 0.4) is 0 Å². The van der Waals surface area contributed by atoms with Crippen LogP contribution < -0.4 is 10.2 Å². The lowest BCUT2D eigenvalue weighted by molar-refractivity contribution is 0.501. The van der Waals surface area contributed by atoms with Crippen molar-refractivity contribution in [2.24, 2.45) is 5.92 Å². The Morgan fingerprint density at radius 3 is 2.45 bits per heavy atom. The maximum Gasteiger partial charge on any atom is 0.133 e. The van der Waals surface area contributed by atoms with Crippen LogP contribution in [-0.2, 0) is 6.54 Å². The van der Waals surface area contributed by atoms with Crippen LogP contribution >= 0.6 is 15.9 Å². The van der Waals surface area contributed by atoms with E-state index in [9.17, 15) is 0 Å². The maximum atomic E-state index is 4.71. The summed E-state index contributed by atoms with van der Waals surface area (Å²) in [6.45, 7) is 11.0. The van der Waals surface area contributed by atoms with E-state index in [-0.39, 0.29) is 0 Å². The third-order valence-electron chi connectivity index (χ3n) is 3.49. The predicted octanol–water partition coefficient (Wildman–Crippen LogP) is 4.21. The average molecular weight is 342 g/mol. The number of pyridine rings is 1. The Hall–Kier alpha value is -0.610. The van der Waals surface area contributed by atoms with E-state index in [1.54, 1.807) is 0 Å². The zero-order chi connectivity index (χ0) is 15.1. The van der Waals surface area contributed by atoms with E-state index in [2.05, 4.69) is 59.9 Å². The predicted molar refractivity (Wildman–Crippen MR) is 91.3 cm³/mol. The van der Waals surface area contributed by atoms with Crippen LogP contribution in [0.4, 0.5) is 5.82 Å². The van der Waals surface area contributed by atoms with Gasteiger partial charge in [0.15, 0.2) is 0 Å². The Morgan fingerprint density at radius 1 is 1.30 bits per heavy atom. The van der Waals surface area contributed by atoms with Gasteiger partial charge in [-0.15, -0.1) is 0 Å². The molecule has 1 rings (SSSR count). The number of hydrogen-bond donors (Lipinski definition) is 1. The molecule has 0 saturated heterocycles. The first-order valence-electron chi connectivity index (χ1n) is 7.59. The monoisotopic (exact) mass is 341 g/mol. The Bertz CT molecular complexity index is 403. The molecule has 0 bridgehead atoms. The molecular formula is C16H28BrN3. The molecule has 20 heavy (non-hydrogen) atoms. The third kappa shape index (κ3) is 4.74. The summed E-state index contributed by atoms with van der Waals surface area (Å²) in [5, 5.41) is 3.25. The molecule has 0 aliphatic heterocycles. The van der Waals surface area contributed by atoms with Crippen molar-refractivity contribution in [2.75, 3.05) is 18.5 Å². The number of rotatable bonds is 8. The summed E-state index contributed by atoms with van der Waals surface area (Å²) in [6.07, 6.45) is 4.21. The first kappa shape index (κ1) is 17.4. The Kier molecular flexibility index (Phi) is 7.52.